The van der Waals surface area contributed by atoms with E-state index in [1.165, 1.54) is 0 Å². The normalized spacial score (nSPS) is 11.2. The second-order valence-corrected chi connectivity index (χ2v) is 5.54. The molecule has 0 atom stereocenters. The van der Waals surface area contributed by atoms with E-state index < -0.39 is 0 Å². The van der Waals surface area contributed by atoms with Gasteiger partial charge in [0.25, 0.3) is 0 Å². The van der Waals surface area contributed by atoms with Crippen LogP contribution in [0.4, 0.5) is 11.4 Å². The van der Waals surface area contributed by atoms with Crippen LogP contribution in [0.1, 0.15) is 13.8 Å². The van der Waals surface area contributed by atoms with Crippen LogP contribution >= 0.6 is 11.8 Å². The molecule has 0 aliphatic heterocycles. The van der Waals surface area contributed by atoms with Gasteiger partial charge in [0.1, 0.15) is 0 Å². The molecule has 0 unspecified atom stereocenters. The Kier molecular flexibility index (Phi) is 4.27. The quantitative estimate of drug-likeness (QED) is 0.808. The molecule has 0 aliphatic rings. The first-order valence-electron chi connectivity index (χ1n) is 4.99. The Morgan fingerprint density at radius 1 is 1.33 bits per heavy atom. The van der Waals surface area contributed by atoms with Crippen LogP contribution in [0, 0.1) is 0 Å². The number of thioether (sulfide) groups is 1. The Hall–Kier alpha value is -0.900. The number of hydrogen-bond acceptors (Lipinski definition) is 4. The molecule has 15 heavy (non-hydrogen) atoms. The lowest BCUT2D eigenvalue weighted by Gasteiger charge is -2.22. The highest BCUT2D eigenvalue weighted by Gasteiger charge is 2.15. The van der Waals surface area contributed by atoms with E-state index in [1.54, 1.807) is 0 Å². The molecule has 4 heteroatoms. The third-order valence-corrected chi connectivity index (χ3v) is 3.55. The van der Waals surface area contributed by atoms with Crippen molar-refractivity contribution in [1.82, 2.24) is 4.98 Å². The highest BCUT2D eigenvalue weighted by molar-refractivity contribution is 7.99. The molecular formula is C11H19N3S. The molecule has 1 rings (SSSR count). The van der Waals surface area contributed by atoms with Crippen LogP contribution < -0.4 is 10.6 Å². The maximum absolute atomic E-state index is 4.15. The Balaban J connectivity index is 2.57. The largest absolute Gasteiger partial charge is 0.387 e. The Morgan fingerprint density at radius 3 is 2.60 bits per heavy atom. The number of rotatable bonds is 5. The average Bonchev–Trinajstić information content (AvgIpc) is 2.27. The number of nitrogens with one attached hydrogen (secondary N) is 2. The zero-order valence-corrected chi connectivity index (χ0v) is 10.6. The van der Waals surface area contributed by atoms with Crippen LogP contribution in [-0.4, -0.2) is 29.6 Å². The van der Waals surface area contributed by atoms with E-state index in [1.807, 2.05) is 31.2 Å². The molecule has 1 aromatic heterocycles. The van der Waals surface area contributed by atoms with Crippen LogP contribution in [0.5, 0.6) is 0 Å². The van der Waals surface area contributed by atoms with Crippen molar-refractivity contribution >= 4 is 23.1 Å². The lowest BCUT2D eigenvalue weighted by Crippen LogP contribution is -2.25. The summed E-state index contributed by atoms with van der Waals surface area (Å²) in [6.45, 7) is 5.38. The van der Waals surface area contributed by atoms with Gasteiger partial charge in [0.2, 0.25) is 0 Å². The number of aromatic nitrogens is 1. The van der Waals surface area contributed by atoms with Gasteiger partial charge in [-0.15, -0.1) is 0 Å². The third kappa shape index (κ3) is 4.00. The number of hydrogen-bond donors (Lipinski definition) is 2. The van der Waals surface area contributed by atoms with Crippen molar-refractivity contribution in [3.05, 3.63) is 18.5 Å². The average molecular weight is 225 g/mol. The summed E-state index contributed by atoms with van der Waals surface area (Å²) < 4.78 is 0.246. The summed E-state index contributed by atoms with van der Waals surface area (Å²) in [6.07, 6.45) is 5.78. The minimum absolute atomic E-state index is 0.246. The molecule has 0 aromatic carbocycles. The lowest BCUT2D eigenvalue weighted by molar-refractivity contribution is 0.752. The van der Waals surface area contributed by atoms with Gasteiger partial charge in [0.15, 0.2) is 0 Å². The van der Waals surface area contributed by atoms with Gasteiger partial charge < -0.3 is 10.6 Å². The summed E-state index contributed by atoms with van der Waals surface area (Å²) in [7, 11) is 1.90. The van der Waals surface area contributed by atoms with Crippen LogP contribution in [0.25, 0.3) is 0 Å². The van der Waals surface area contributed by atoms with Gasteiger partial charge in [0, 0.05) is 18.3 Å². The molecule has 0 amide bonds. The molecule has 1 heterocycles. The van der Waals surface area contributed by atoms with Crippen molar-refractivity contribution in [2.45, 2.75) is 18.6 Å². The predicted octanol–water partition coefficient (Wildman–Crippen LogP) is 2.68. The van der Waals surface area contributed by atoms with Crippen molar-refractivity contribution in [3.63, 3.8) is 0 Å². The van der Waals surface area contributed by atoms with Gasteiger partial charge in [0.05, 0.1) is 23.8 Å². The van der Waals surface area contributed by atoms with Gasteiger partial charge in [-0.05, 0) is 26.2 Å². The summed E-state index contributed by atoms with van der Waals surface area (Å²) >= 11 is 1.86. The molecule has 0 saturated heterocycles. The van der Waals surface area contributed by atoms with Gasteiger partial charge in [-0.25, -0.2) is 0 Å². The molecular weight excluding hydrogens is 206 g/mol. The second kappa shape index (κ2) is 5.26. The highest BCUT2D eigenvalue weighted by atomic mass is 32.2. The number of nitrogens with zero attached hydrogens (tertiary/aromatic N) is 1. The number of pyridine rings is 1. The first-order chi connectivity index (χ1) is 7.07. The summed E-state index contributed by atoms with van der Waals surface area (Å²) in [6, 6.07) is 2.06. The maximum atomic E-state index is 4.15. The van der Waals surface area contributed by atoms with Crippen LogP contribution in [0.15, 0.2) is 18.5 Å². The fraction of sp³-hybridized carbons (Fsp3) is 0.545. The standard InChI is InChI=1S/C11H19N3S/c1-11(2,15-4)8-14-10-5-9(12-3)6-13-7-10/h5-7,12,14H,8H2,1-4H3. The lowest BCUT2D eigenvalue weighted by atomic mass is 10.2. The Bertz CT molecular complexity index is 312. The topological polar surface area (TPSA) is 37.0 Å². The zero-order chi connectivity index (χ0) is 11.3. The monoisotopic (exact) mass is 225 g/mol. The van der Waals surface area contributed by atoms with Crippen LogP contribution in [-0.2, 0) is 0 Å². The molecule has 1 aromatic rings. The first kappa shape index (κ1) is 12.2. The van der Waals surface area contributed by atoms with E-state index in [4.69, 9.17) is 0 Å². The van der Waals surface area contributed by atoms with Crippen molar-refractivity contribution < 1.29 is 0 Å². The van der Waals surface area contributed by atoms with E-state index in [2.05, 4.69) is 41.8 Å². The summed E-state index contributed by atoms with van der Waals surface area (Å²) in [5.74, 6) is 0. The van der Waals surface area contributed by atoms with Crippen molar-refractivity contribution in [2.75, 3.05) is 30.5 Å². The van der Waals surface area contributed by atoms with Gasteiger partial charge in [-0.2, -0.15) is 11.8 Å². The summed E-state index contributed by atoms with van der Waals surface area (Å²) in [5, 5.41) is 6.46. The molecule has 0 aliphatic carbocycles. The Morgan fingerprint density at radius 2 is 2.00 bits per heavy atom. The molecule has 3 nitrogen and oxygen atoms in total. The van der Waals surface area contributed by atoms with E-state index in [0.29, 0.717) is 0 Å². The van der Waals surface area contributed by atoms with Crippen LogP contribution in [0.3, 0.4) is 0 Å². The Labute approximate surface area is 96.1 Å². The molecule has 0 radical (unpaired) electrons. The van der Waals surface area contributed by atoms with E-state index >= 15 is 0 Å². The van der Waals surface area contributed by atoms with Crippen molar-refractivity contribution in [1.29, 1.82) is 0 Å². The molecule has 0 fully saturated rings. The molecule has 0 bridgehead atoms. The van der Waals surface area contributed by atoms with Crippen molar-refractivity contribution in [2.24, 2.45) is 0 Å². The zero-order valence-electron chi connectivity index (χ0n) is 9.79. The molecule has 84 valence electrons. The SMILES string of the molecule is CNc1cncc(NCC(C)(C)SC)c1. The van der Waals surface area contributed by atoms with E-state index in [-0.39, 0.29) is 4.75 Å². The van der Waals surface area contributed by atoms with Gasteiger partial charge in [-0.3, -0.25) is 4.98 Å². The smallest absolute Gasteiger partial charge is 0.0547 e. The fourth-order valence-corrected chi connectivity index (χ4v) is 1.28. The van der Waals surface area contributed by atoms with Crippen molar-refractivity contribution in [3.8, 4) is 0 Å². The predicted molar refractivity (Wildman–Crippen MR) is 69.9 cm³/mol. The maximum Gasteiger partial charge on any atom is 0.0547 e. The minimum atomic E-state index is 0.246. The highest BCUT2D eigenvalue weighted by Crippen LogP contribution is 2.22. The molecule has 0 saturated carbocycles. The van der Waals surface area contributed by atoms with E-state index in [0.717, 1.165) is 17.9 Å². The molecule has 0 spiro atoms. The summed E-state index contributed by atoms with van der Waals surface area (Å²) in [4.78, 5) is 4.15. The number of anilines is 2. The van der Waals surface area contributed by atoms with Crippen LogP contribution in [0.2, 0.25) is 0 Å². The fourth-order valence-electron chi connectivity index (χ4n) is 1.06. The minimum Gasteiger partial charge on any atom is -0.387 e. The van der Waals surface area contributed by atoms with E-state index in [9.17, 15) is 0 Å². The third-order valence-electron chi connectivity index (χ3n) is 2.30. The molecule has 2 N–H and O–H groups in total. The van der Waals surface area contributed by atoms with Gasteiger partial charge >= 0.3 is 0 Å². The second-order valence-electron chi connectivity index (χ2n) is 4.03. The first-order valence-corrected chi connectivity index (χ1v) is 6.22. The summed E-state index contributed by atoms with van der Waals surface area (Å²) in [5.41, 5.74) is 2.09. The van der Waals surface area contributed by atoms with Gasteiger partial charge in [-0.1, -0.05) is 0 Å².